The van der Waals surface area contributed by atoms with Crippen LogP contribution in [0, 0.1) is 6.92 Å². The Bertz CT molecular complexity index is 320. The molecule has 0 bridgehead atoms. The molecular weight excluding hydrogens is 177 g/mol. The molecule has 1 saturated heterocycles. The van der Waals surface area contributed by atoms with Gasteiger partial charge in [0.1, 0.15) is 6.17 Å². The van der Waals surface area contributed by atoms with Crippen LogP contribution in [-0.2, 0) is 5.54 Å². The van der Waals surface area contributed by atoms with Gasteiger partial charge in [0.2, 0.25) is 0 Å². The van der Waals surface area contributed by atoms with Gasteiger partial charge in [-0.05, 0) is 19.4 Å². The molecule has 1 aromatic carbocycles. The zero-order valence-corrected chi connectivity index (χ0v) is 8.68. The summed E-state index contributed by atoms with van der Waals surface area (Å²) in [5.74, 6) is 0. The van der Waals surface area contributed by atoms with Crippen LogP contribution in [0.5, 0.6) is 0 Å². The van der Waals surface area contributed by atoms with Crippen molar-refractivity contribution in [3.05, 3.63) is 35.4 Å². The number of rotatable bonds is 1. The third kappa shape index (κ3) is 1.67. The Morgan fingerprint density at radius 1 is 1.36 bits per heavy atom. The van der Waals surface area contributed by atoms with Gasteiger partial charge in [0.15, 0.2) is 0 Å². The standard InChI is InChI=1S/C12H16FN/c1-9-3-5-10(6-4-9)12(2)7-11(13)8-14-12/h3-6,11,14H,7-8H2,1-2H3. The van der Waals surface area contributed by atoms with Gasteiger partial charge in [0.25, 0.3) is 0 Å². The van der Waals surface area contributed by atoms with Crippen molar-refractivity contribution in [2.75, 3.05) is 6.54 Å². The quantitative estimate of drug-likeness (QED) is 0.722. The molecule has 14 heavy (non-hydrogen) atoms. The first-order valence-corrected chi connectivity index (χ1v) is 5.06. The van der Waals surface area contributed by atoms with Gasteiger partial charge in [-0.1, -0.05) is 29.8 Å². The lowest BCUT2D eigenvalue weighted by atomic mass is 9.90. The van der Waals surface area contributed by atoms with Crippen molar-refractivity contribution in [3.8, 4) is 0 Å². The molecule has 1 aliphatic rings. The fourth-order valence-corrected chi connectivity index (χ4v) is 2.06. The molecule has 0 aromatic heterocycles. The van der Waals surface area contributed by atoms with E-state index in [1.165, 1.54) is 11.1 Å². The fourth-order valence-electron chi connectivity index (χ4n) is 2.06. The zero-order chi connectivity index (χ0) is 10.2. The van der Waals surface area contributed by atoms with E-state index in [-0.39, 0.29) is 5.54 Å². The van der Waals surface area contributed by atoms with E-state index in [9.17, 15) is 4.39 Å². The number of alkyl halides is 1. The van der Waals surface area contributed by atoms with E-state index in [1.54, 1.807) is 0 Å². The summed E-state index contributed by atoms with van der Waals surface area (Å²) in [5, 5.41) is 3.24. The average molecular weight is 193 g/mol. The average Bonchev–Trinajstić information content (AvgIpc) is 2.48. The molecule has 0 saturated carbocycles. The molecule has 2 rings (SSSR count). The summed E-state index contributed by atoms with van der Waals surface area (Å²) >= 11 is 0. The van der Waals surface area contributed by atoms with Crippen LogP contribution < -0.4 is 5.32 Å². The molecule has 1 nitrogen and oxygen atoms in total. The number of nitrogens with one attached hydrogen (secondary N) is 1. The van der Waals surface area contributed by atoms with E-state index in [0.29, 0.717) is 13.0 Å². The maximum absolute atomic E-state index is 13.1. The Morgan fingerprint density at radius 2 is 2.00 bits per heavy atom. The van der Waals surface area contributed by atoms with Crippen molar-refractivity contribution in [3.63, 3.8) is 0 Å². The molecule has 0 aliphatic carbocycles. The first kappa shape index (κ1) is 9.66. The normalized spacial score (nSPS) is 32.1. The van der Waals surface area contributed by atoms with Crippen molar-refractivity contribution in [1.82, 2.24) is 5.32 Å². The molecule has 76 valence electrons. The maximum atomic E-state index is 13.1. The largest absolute Gasteiger partial charge is 0.305 e. The minimum Gasteiger partial charge on any atom is -0.305 e. The number of benzene rings is 1. The van der Waals surface area contributed by atoms with Crippen LogP contribution in [-0.4, -0.2) is 12.7 Å². The van der Waals surface area contributed by atoms with Crippen LogP contribution >= 0.6 is 0 Å². The second kappa shape index (κ2) is 3.35. The second-order valence-corrected chi connectivity index (χ2v) is 4.38. The summed E-state index contributed by atoms with van der Waals surface area (Å²) in [6.45, 7) is 4.60. The lowest BCUT2D eigenvalue weighted by Crippen LogP contribution is -2.32. The highest BCUT2D eigenvalue weighted by Gasteiger charge is 2.35. The van der Waals surface area contributed by atoms with Crippen molar-refractivity contribution in [1.29, 1.82) is 0 Å². The molecule has 0 amide bonds. The van der Waals surface area contributed by atoms with Gasteiger partial charge in [-0.2, -0.15) is 0 Å². The van der Waals surface area contributed by atoms with Gasteiger partial charge in [-0.15, -0.1) is 0 Å². The van der Waals surface area contributed by atoms with E-state index < -0.39 is 6.17 Å². The van der Waals surface area contributed by atoms with Crippen molar-refractivity contribution in [2.24, 2.45) is 0 Å². The first-order valence-electron chi connectivity index (χ1n) is 5.06. The van der Waals surface area contributed by atoms with Gasteiger partial charge in [0, 0.05) is 18.5 Å². The molecule has 2 atom stereocenters. The minimum atomic E-state index is -0.707. The minimum absolute atomic E-state index is 0.173. The molecule has 1 fully saturated rings. The summed E-state index contributed by atoms with van der Waals surface area (Å²) in [4.78, 5) is 0. The van der Waals surface area contributed by atoms with E-state index in [1.807, 2.05) is 0 Å². The van der Waals surface area contributed by atoms with Crippen molar-refractivity contribution >= 4 is 0 Å². The zero-order valence-electron chi connectivity index (χ0n) is 8.68. The monoisotopic (exact) mass is 193 g/mol. The Hall–Kier alpha value is -0.890. The predicted octanol–water partition coefficient (Wildman–Crippen LogP) is 2.54. The van der Waals surface area contributed by atoms with Crippen LogP contribution in [0.1, 0.15) is 24.5 Å². The van der Waals surface area contributed by atoms with Crippen LogP contribution in [0.4, 0.5) is 4.39 Å². The van der Waals surface area contributed by atoms with Crippen LogP contribution in [0.3, 0.4) is 0 Å². The van der Waals surface area contributed by atoms with Crippen molar-refractivity contribution in [2.45, 2.75) is 32.0 Å². The smallest absolute Gasteiger partial charge is 0.115 e. The lowest BCUT2D eigenvalue weighted by Gasteiger charge is -2.24. The number of halogens is 1. The van der Waals surface area contributed by atoms with Gasteiger partial charge in [-0.25, -0.2) is 4.39 Å². The Morgan fingerprint density at radius 3 is 2.50 bits per heavy atom. The molecular formula is C12H16FN. The third-order valence-electron chi connectivity index (χ3n) is 3.03. The van der Waals surface area contributed by atoms with Gasteiger partial charge < -0.3 is 5.32 Å². The number of hydrogen-bond donors (Lipinski definition) is 1. The molecule has 1 N–H and O–H groups in total. The van der Waals surface area contributed by atoms with Gasteiger partial charge in [-0.3, -0.25) is 0 Å². The molecule has 0 radical (unpaired) electrons. The van der Waals surface area contributed by atoms with Crippen LogP contribution in [0.2, 0.25) is 0 Å². The van der Waals surface area contributed by atoms with E-state index in [2.05, 4.69) is 43.4 Å². The lowest BCUT2D eigenvalue weighted by molar-refractivity contribution is 0.333. The second-order valence-electron chi connectivity index (χ2n) is 4.38. The van der Waals surface area contributed by atoms with Crippen LogP contribution in [0.15, 0.2) is 24.3 Å². The van der Waals surface area contributed by atoms with Crippen molar-refractivity contribution < 1.29 is 4.39 Å². The van der Waals surface area contributed by atoms with E-state index in [4.69, 9.17) is 0 Å². The Labute approximate surface area is 84.3 Å². The maximum Gasteiger partial charge on any atom is 0.115 e. The summed E-state index contributed by atoms with van der Waals surface area (Å²) in [6.07, 6.45) is -0.128. The van der Waals surface area contributed by atoms with Crippen LogP contribution in [0.25, 0.3) is 0 Å². The predicted molar refractivity (Wildman–Crippen MR) is 56.0 cm³/mol. The number of hydrogen-bond acceptors (Lipinski definition) is 1. The summed E-state index contributed by atoms with van der Waals surface area (Å²) < 4.78 is 13.1. The van der Waals surface area contributed by atoms with E-state index in [0.717, 1.165) is 0 Å². The Kier molecular flexibility index (Phi) is 2.31. The van der Waals surface area contributed by atoms with E-state index >= 15 is 0 Å². The number of aryl methyl sites for hydroxylation is 1. The summed E-state index contributed by atoms with van der Waals surface area (Å²) in [7, 11) is 0. The highest BCUT2D eigenvalue weighted by atomic mass is 19.1. The molecule has 1 heterocycles. The first-order chi connectivity index (χ1) is 6.60. The summed E-state index contributed by atoms with van der Waals surface area (Å²) in [6, 6.07) is 8.32. The molecule has 2 heteroatoms. The van der Waals surface area contributed by atoms with Gasteiger partial charge >= 0.3 is 0 Å². The highest BCUT2D eigenvalue weighted by molar-refractivity contribution is 5.28. The Balaban J connectivity index is 2.26. The molecule has 2 unspecified atom stereocenters. The molecule has 1 aromatic rings. The SMILES string of the molecule is Cc1ccc(C2(C)CC(F)CN2)cc1. The molecule has 1 aliphatic heterocycles. The van der Waals surface area contributed by atoms with Gasteiger partial charge in [0.05, 0.1) is 0 Å². The fraction of sp³-hybridized carbons (Fsp3) is 0.500. The highest BCUT2D eigenvalue weighted by Crippen LogP contribution is 2.31. The topological polar surface area (TPSA) is 12.0 Å². The molecule has 0 spiro atoms. The summed E-state index contributed by atoms with van der Waals surface area (Å²) in [5.41, 5.74) is 2.25. The third-order valence-corrected chi connectivity index (χ3v) is 3.03.